The fourth-order valence-electron chi connectivity index (χ4n) is 2.20. The molecule has 6 nitrogen and oxygen atoms in total. The summed E-state index contributed by atoms with van der Waals surface area (Å²) in [7, 11) is 0. The number of thioether (sulfide) groups is 1. The average molecular weight is 268 g/mol. The topological polar surface area (TPSA) is 94.1 Å². The van der Waals surface area contributed by atoms with Crippen molar-refractivity contribution in [2.45, 2.75) is 30.6 Å². The molecule has 2 rings (SSSR count). The van der Waals surface area contributed by atoms with Crippen LogP contribution >= 0.6 is 11.8 Å². The van der Waals surface area contributed by atoms with E-state index in [1.807, 2.05) is 11.8 Å². The molecular weight excluding hydrogens is 252 g/mol. The second-order valence-corrected chi connectivity index (χ2v) is 5.51. The number of hydrogen-bond acceptors (Lipinski definition) is 6. The first kappa shape index (κ1) is 12.9. The van der Waals surface area contributed by atoms with E-state index >= 15 is 0 Å². The zero-order valence-corrected chi connectivity index (χ0v) is 10.9. The lowest BCUT2D eigenvalue weighted by atomic mass is 10.2. The Hall–Kier alpha value is -1.50. The maximum Gasteiger partial charge on any atom is 0.311 e. The van der Waals surface area contributed by atoms with Crippen LogP contribution in [0.1, 0.15) is 19.3 Å². The van der Waals surface area contributed by atoms with E-state index in [2.05, 4.69) is 16.6 Å². The zero-order chi connectivity index (χ0) is 13.1. The normalized spacial score (nSPS) is 22.9. The molecule has 98 valence electrons. The number of aromatic nitrogens is 1. The van der Waals surface area contributed by atoms with Crippen LogP contribution in [0.5, 0.6) is 0 Å². The summed E-state index contributed by atoms with van der Waals surface area (Å²) >= 11 is 1.84. The van der Waals surface area contributed by atoms with Crippen molar-refractivity contribution in [2.24, 2.45) is 0 Å². The molecule has 1 aromatic rings. The second kappa shape index (κ2) is 5.43. The summed E-state index contributed by atoms with van der Waals surface area (Å²) in [6.07, 6.45) is 5.25. The molecule has 18 heavy (non-hydrogen) atoms. The van der Waals surface area contributed by atoms with Crippen LogP contribution in [0.2, 0.25) is 0 Å². The molecule has 2 unspecified atom stereocenters. The number of hydrogen-bond donors (Lipinski definition) is 2. The van der Waals surface area contributed by atoms with Gasteiger partial charge in [0.05, 0.1) is 4.92 Å². The van der Waals surface area contributed by atoms with Crippen molar-refractivity contribution in [1.82, 2.24) is 4.98 Å². The Bertz CT molecular complexity index is 455. The zero-order valence-electron chi connectivity index (χ0n) is 10.1. The van der Waals surface area contributed by atoms with E-state index in [0.717, 1.165) is 19.3 Å². The van der Waals surface area contributed by atoms with Crippen molar-refractivity contribution in [2.75, 3.05) is 17.3 Å². The number of nitrogens with one attached hydrogen (secondary N) is 1. The van der Waals surface area contributed by atoms with Gasteiger partial charge >= 0.3 is 5.69 Å². The molecule has 1 aliphatic carbocycles. The van der Waals surface area contributed by atoms with Crippen LogP contribution < -0.4 is 11.1 Å². The maximum absolute atomic E-state index is 10.9. The van der Waals surface area contributed by atoms with Gasteiger partial charge in [-0.2, -0.15) is 11.8 Å². The van der Waals surface area contributed by atoms with E-state index in [9.17, 15) is 10.1 Å². The number of nitro groups is 1. The van der Waals surface area contributed by atoms with E-state index in [1.165, 1.54) is 12.1 Å². The quantitative estimate of drug-likeness (QED) is 0.642. The molecule has 1 heterocycles. The van der Waals surface area contributed by atoms with Gasteiger partial charge in [-0.15, -0.1) is 0 Å². The van der Waals surface area contributed by atoms with E-state index in [1.54, 1.807) is 0 Å². The Morgan fingerprint density at radius 2 is 2.33 bits per heavy atom. The predicted octanol–water partition coefficient (Wildman–Crippen LogP) is 2.27. The fourth-order valence-corrected chi connectivity index (χ4v) is 3.00. The largest absolute Gasteiger partial charge is 0.384 e. The maximum atomic E-state index is 10.9. The Morgan fingerprint density at radius 3 is 2.94 bits per heavy atom. The molecule has 1 fully saturated rings. The summed E-state index contributed by atoms with van der Waals surface area (Å²) < 4.78 is 0. The third-order valence-electron chi connectivity index (χ3n) is 3.15. The molecule has 7 heteroatoms. The molecule has 2 atom stereocenters. The van der Waals surface area contributed by atoms with Crippen molar-refractivity contribution in [3.05, 3.63) is 22.2 Å². The summed E-state index contributed by atoms with van der Waals surface area (Å²) in [5.41, 5.74) is 5.56. The highest BCUT2D eigenvalue weighted by atomic mass is 32.2. The molecule has 0 spiro atoms. The second-order valence-electron chi connectivity index (χ2n) is 4.37. The van der Waals surface area contributed by atoms with Crippen LogP contribution in [-0.4, -0.2) is 27.5 Å². The highest BCUT2D eigenvalue weighted by Crippen LogP contribution is 2.32. The van der Waals surface area contributed by atoms with Gasteiger partial charge in [0.15, 0.2) is 0 Å². The molecule has 0 bridgehead atoms. The lowest BCUT2D eigenvalue weighted by Gasteiger charge is -2.13. The molecule has 0 saturated heterocycles. The minimum Gasteiger partial charge on any atom is -0.384 e. The minimum atomic E-state index is -0.435. The van der Waals surface area contributed by atoms with E-state index < -0.39 is 4.92 Å². The van der Waals surface area contributed by atoms with Crippen LogP contribution in [-0.2, 0) is 0 Å². The van der Waals surface area contributed by atoms with Gasteiger partial charge in [0.25, 0.3) is 0 Å². The molecule has 1 aromatic heterocycles. The van der Waals surface area contributed by atoms with Gasteiger partial charge in [-0.1, -0.05) is 0 Å². The smallest absolute Gasteiger partial charge is 0.311 e. The summed E-state index contributed by atoms with van der Waals surface area (Å²) in [5.74, 6) is 0.578. The van der Waals surface area contributed by atoms with E-state index in [0.29, 0.717) is 11.1 Å². The van der Waals surface area contributed by atoms with Gasteiger partial charge in [0.2, 0.25) is 5.82 Å². The average Bonchev–Trinajstić information content (AvgIpc) is 2.76. The van der Waals surface area contributed by atoms with Crippen LogP contribution in [0.25, 0.3) is 0 Å². The van der Waals surface area contributed by atoms with Crippen molar-refractivity contribution in [1.29, 1.82) is 0 Å². The number of rotatable bonds is 4. The first-order chi connectivity index (χ1) is 8.60. The van der Waals surface area contributed by atoms with Gasteiger partial charge in [-0.3, -0.25) is 10.1 Å². The third-order valence-corrected chi connectivity index (χ3v) is 4.25. The first-order valence-corrected chi connectivity index (χ1v) is 7.09. The summed E-state index contributed by atoms with van der Waals surface area (Å²) in [4.78, 5) is 14.5. The molecule has 0 amide bonds. The Kier molecular flexibility index (Phi) is 3.90. The standard InChI is InChI=1S/C11H16N4O2S/c1-18-8-3-2-7(6-8)13-11-9(15(16)17)4-5-10(12)14-11/h4-5,7-8H,2-3,6H2,1H3,(H3,12,13,14). The molecule has 0 aliphatic heterocycles. The van der Waals surface area contributed by atoms with Gasteiger partial charge in [0.1, 0.15) is 5.82 Å². The minimum absolute atomic E-state index is 0.0169. The first-order valence-electron chi connectivity index (χ1n) is 5.80. The van der Waals surface area contributed by atoms with Gasteiger partial charge in [-0.25, -0.2) is 4.98 Å². The molecule has 3 N–H and O–H groups in total. The van der Waals surface area contributed by atoms with Crippen molar-refractivity contribution in [3.8, 4) is 0 Å². The number of nitrogen functional groups attached to an aromatic ring is 1. The van der Waals surface area contributed by atoms with Crippen molar-refractivity contribution >= 4 is 29.1 Å². The number of pyridine rings is 1. The number of nitrogens with zero attached hydrogens (tertiary/aromatic N) is 2. The molecular formula is C11H16N4O2S. The van der Waals surface area contributed by atoms with Gasteiger partial charge < -0.3 is 11.1 Å². The molecule has 0 aromatic carbocycles. The number of anilines is 2. The third kappa shape index (κ3) is 2.84. The monoisotopic (exact) mass is 268 g/mol. The Morgan fingerprint density at radius 1 is 1.56 bits per heavy atom. The Balaban J connectivity index is 2.13. The predicted molar refractivity (Wildman–Crippen MR) is 73.9 cm³/mol. The highest BCUT2D eigenvalue weighted by molar-refractivity contribution is 7.99. The van der Waals surface area contributed by atoms with Crippen molar-refractivity contribution < 1.29 is 4.92 Å². The van der Waals surface area contributed by atoms with Gasteiger partial charge in [-0.05, 0) is 31.6 Å². The number of nitrogens with two attached hydrogens (primary N) is 1. The highest BCUT2D eigenvalue weighted by Gasteiger charge is 2.26. The van der Waals surface area contributed by atoms with Crippen molar-refractivity contribution in [3.63, 3.8) is 0 Å². The fraction of sp³-hybridized carbons (Fsp3) is 0.545. The molecule has 1 saturated carbocycles. The van der Waals surface area contributed by atoms with Crippen LogP contribution in [0.4, 0.5) is 17.3 Å². The summed E-state index contributed by atoms with van der Waals surface area (Å²) in [6.45, 7) is 0. The SMILES string of the molecule is CSC1CCC(Nc2nc(N)ccc2[N+](=O)[O-])C1. The van der Waals surface area contributed by atoms with Crippen LogP contribution in [0.3, 0.4) is 0 Å². The van der Waals surface area contributed by atoms with Crippen LogP contribution in [0, 0.1) is 10.1 Å². The lowest BCUT2D eigenvalue weighted by molar-refractivity contribution is -0.384. The lowest BCUT2D eigenvalue weighted by Crippen LogP contribution is -2.18. The Labute approximate surface area is 110 Å². The van der Waals surface area contributed by atoms with E-state index in [4.69, 9.17) is 5.73 Å². The molecule has 0 radical (unpaired) electrons. The molecule has 1 aliphatic rings. The van der Waals surface area contributed by atoms with Crippen LogP contribution in [0.15, 0.2) is 12.1 Å². The van der Waals surface area contributed by atoms with Gasteiger partial charge in [0, 0.05) is 17.4 Å². The van der Waals surface area contributed by atoms with E-state index in [-0.39, 0.29) is 17.5 Å². The summed E-state index contributed by atoms with van der Waals surface area (Å²) in [5, 5.41) is 14.7. The summed E-state index contributed by atoms with van der Waals surface area (Å²) in [6, 6.07) is 3.09.